The highest BCUT2D eigenvalue weighted by Gasteiger charge is 2.22. The summed E-state index contributed by atoms with van der Waals surface area (Å²) in [5.74, 6) is 0.0160. The Bertz CT molecular complexity index is 1130. The number of rotatable bonds is 6. The average Bonchev–Trinajstić information content (AvgIpc) is 2.78. The molecule has 1 N–H and O–H groups in total. The van der Waals surface area contributed by atoms with Gasteiger partial charge < -0.3 is 4.90 Å². The van der Waals surface area contributed by atoms with Gasteiger partial charge >= 0.3 is 0 Å². The molecule has 0 atom stereocenters. The first-order chi connectivity index (χ1) is 14.5. The molecule has 1 aliphatic rings. The number of amides is 1. The number of aryl methyl sites for hydroxylation is 1. The molecule has 154 valence electrons. The van der Waals surface area contributed by atoms with Crippen molar-refractivity contribution < 1.29 is 13.2 Å². The minimum Gasteiger partial charge on any atom is -0.334 e. The van der Waals surface area contributed by atoms with Gasteiger partial charge in [0.2, 0.25) is 10.0 Å². The molecule has 0 saturated heterocycles. The first-order valence-electron chi connectivity index (χ1n) is 10.0. The highest BCUT2D eigenvalue weighted by Crippen LogP contribution is 2.24. The van der Waals surface area contributed by atoms with E-state index in [1.54, 1.807) is 6.07 Å². The van der Waals surface area contributed by atoms with Gasteiger partial charge in [0.25, 0.3) is 5.91 Å². The van der Waals surface area contributed by atoms with Crippen LogP contribution in [0.4, 0.5) is 5.69 Å². The van der Waals surface area contributed by atoms with Crippen molar-refractivity contribution in [2.45, 2.75) is 19.4 Å². The third-order valence-corrected chi connectivity index (χ3v) is 6.59. The van der Waals surface area contributed by atoms with Crippen LogP contribution >= 0.6 is 0 Å². The van der Waals surface area contributed by atoms with Crippen LogP contribution in [-0.2, 0) is 29.4 Å². The molecule has 0 bridgehead atoms. The van der Waals surface area contributed by atoms with Crippen LogP contribution in [0.2, 0.25) is 0 Å². The number of carbonyl (C=O) groups is 1. The lowest BCUT2D eigenvalue weighted by Gasteiger charge is -2.29. The van der Waals surface area contributed by atoms with Crippen molar-refractivity contribution in [2.75, 3.05) is 17.0 Å². The molecule has 30 heavy (non-hydrogen) atoms. The van der Waals surface area contributed by atoms with Crippen molar-refractivity contribution >= 4 is 21.6 Å². The maximum Gasteiger partial charge on any atom is 0.254 e. The first-order valence-corrected chi connectivity index (χ1v) is 11.7. The molecule has 1 aliphatic heterocycles. The Labute approximate surface area is 177 Å². The monoisotopic (exact) mass is 420 g/mol. The van der Waals surface area contributed by atoms with Crippen LogP contribution < -0.4 is 4.72 Å². The summed E-state index contributed by atoms with van der Waals surface area (Å²) in [7, 11) is -3.46. The number of carbonyl (C=O) groups excluding carboxylic acids is 1. The number of benzene rings is 3. The van der Waals surface area contributed by atoms with Crippen LogP contribution in [0.5, 0.6) is 0 Å². The second-order valence-electron chi connectivity index (χ2n) is 7.48. The molecular weight excluding hydrogens is 396 g/mol. The van der Waals surface area contributed by atoms with Crippen LogP contribution in [0.1, 0.15) is 27.0 Å². The molecule has 4 rings (SSSR count). The Balaban J connectivity index is 1.44. The lowest BCUT2D eigenvalue weighted by atomic mass is 9.98. The van der Waals surface area contributed by atoms with Gasteiger partial charge in [0, 0.05) is 24.3 Å². The van der Waals surface area contributed by atoms with Crippen molar-refractivity contribution in [2.24, 2.45) is 0 Å². The Kier molecular flexibility index (Phi) is 5.86. The molecule has 6 heteroatoms. The number of hydrogen-bond donors (Lipinski definition) is 1. The van der Waals surface area contributed by atoms with E-state index in [1.165, 1.54) is 0 Å². The lowest BCUT2D eigenvalue weighted by molar-refractivity contribution is 0.0734. The molecule has 0 aromatic heterocycles. The minimum atomic E-state index is -3.46. The summed E-state index contributed by atoms with van der Waals surface area (Å²) >= 11 is 0. The van der Waals surface area contributed by atoms with Gasteiger partial charge in [-0.05, 0) is 53.8 Å². The molecule has 0 aliphatic carbocycles. The zero-order valence-electron chi connectivity index (χ0n) is 16.6. The van der Waals surface area contributed by atoms with Gasteiger partial charge in [-0.2, -0.15) is 0 Å². The van der Waals surface area contributed by atoms with Crippen LogP contribution in [-0.4, -0.2) is 31.5 Å². The van der Waals surface area contributed by atoms with Gasteiger partial charge in [-0.3, -0.25) is 9.52 Å². The molecule has 5 nitrogen and oxygen atoms in total. The Hall–Kier alpha value is -3.12. The van der Waals surface area contributed by atoms with E-state index in [-0.39, 0.29) is 11.7 Å². The van der Waals surface area contributed by atoms with Crippen LogP contribution in [0.25, 0.3) is 0 Å². The van der Waals surface area contributed by atoms with E-state index in [1.807, 2.05) is 77.7 Å². The van der Waals surface area contributed by atoms with E-state index in [2.05, 4.69) is 4.72 Å². The zero-order chi connectivity index (χ0) is 21.0. The van der Waals surface area contributed by atoms with Gasteiger partial charge in [0.1, 0.15) is 0 Å². The van der Waals surface area contributed by atoms with Gasteiger partial charge in [-0.25, -0.2) is 8.42 Å². The predicted molar refractivity (Wildman–Crippen MR) is 119 cm³/mol. The van der Waals surface area contributed by atoms with Crippen molar-refractivity contribution in [3.8, 4) is 0 Å². The number of hydrogen-bond acceptors (Lipinski definition) is 3. The van der Waals surface area contributed by atoms with E-state index in [0.717, 1.165) is 23.1 Å². The highest BCUT2D eigenvalue weighted by atomic mass is 32.2. The third-order valence-electron chi connectivity index (χ3n) is 5.30. The first kappa shape index (κ1) is 20.2. The largest absolute Gasteiger partial charge is 0.334 e. The molecule has 3 aromatic rings. The van der Waals surface area contributed by atoms with Crippen LogP contribution in [0, 0.1) is 0 Å². The average molecular weight is 421 g/mol. The molecular formula is C24H24N2O3S. The molecule has 0 fully saturated rings. The summed E-state index contributed by atoms with van der Waals surface area (Å²) in [6, 6.07) is 24.4. The van der Waals surface area contributed by atoms with Crippen molar-refractivity contribution in [1.82, 2.24) is 4.90 Å². The summed E-state index contributed by atoms with van der Waals surface area (Å²) in [6.45, 7) is 1.13. The molecule has 0 saturated carbocycles. The topological polar surface area (TPSA) is 66.5 Å². The van der Waals surface area contributed by atoms with Crippen molar-refractivity contribution in [1.29, 1.82) is 0 Å². The summed E-state index contributed by atoms with van der Waals surface area (Å²) in [4.78, 5) is 14.6. The Morgan fingerprint density at radius 3 is 2.33 bits per heavy atom. The van der Waals surface area contributed by atoms with Crippen molar-refractivity contribution in [3.05, 3.63) is 101 Å². The number of anilines is 1. The van der Waals surface area contributed by atoms with E-state index in [9.17, 15) is 13.2 Å². The molecule has 0 radical (unpaired) electrons. The molecule has 0 spiro atoms. The molecule has 1 amide bonds. The van der Waals surface area contributed by atoms with E-state index >= 15 is 0 Å². The third kappa shape index (κ3) is 4.89. The molecule has 1 heterocycles. The second-order valence-corrected chi connectivity index (χ2v) is 9.32. The Morgan fingerprint density at radius 2 is 1.60 bits per heavy atom. The van der Waals surface area contributed by atoms with Gasteiger partial charge in [-0.1, -0.05) is 54.6 Å². The second kappa shape index (κ2) is 8.71. The fourth-order valence-electron chi connectivity index (χ4n) is 3.68. The number of sulfonamides is 1. The smallest absolute Gasteiger partial charge is 0.254 e. The van der Waals surface area contributed by atoms with Crippen LogP contribution in [0.3, 0.4) is 0 Å². The quantitative estimate of drug-likeness (QED) is 0.658. The lowest BCUT2D eigenvalue weighted by Crippen LogP contribution is -2.36. The maximum absolute atomic E-state index is 12.8. The Morgan fingerprint density at radius 1 is 0.900 bits per heavy atom. The summed E-state index contributed by atoms with van der Waals surface area (Å²) < 4.78 is 27.7. The fourth-order valence-corrected chi connectivity index (χ4v) is 4.78. The van der Waals surface area contributed by atoms with Gasteiger partial charge in [0.15, 0.2) is 0 Å². The molecule has 3 aromatic carbocycles. The van der Waals surface area contributed by atoms with Gasteiger partial charge in [-0.15, -0.1) is 0 Å². The van der Waals surface area contributed by atoms with E-state index in [4.69, 9.17) is 0 Å². The minimum absolute atomic E-state index is 0.00454. The number of nitrogens with zero attached hydrogens (tertiary/aromatic N) is 1. The number of nitrogens with one attached hydrogen (secondary N) is 1. The summed E-state index contributed by atoms with van der Waals surface area (Å²) in [5, 5.41) is 0. The van der Waals surface area contributed by atoms with Crippen molar-refractivity contribution in [3.63, 3.8) is 0 Å². The van der Waals surface area contributed by atoms with Crippen LogP contribution in [0.15, 0.2) is 78.9 Å². The highest BCUT2D eigenvalue weighted by molar-refractivity contribution is 7.92. The number of fused-ring (bicyclic) bond motifs is 1. The maximum atomic E-state index is 12.8. The van der Waals surface area contributed by atoms with E-state index < -0.39 is 10.0 Å². The van der Waals surface area contributed by atoms with Gasteiger partial charge in [0.05, 0.1) is 5.75 Å². The normalized spacial score (nSPS) is 13.5. The zero-order valence-corrected chi connectivity index (χ0v) is 17.4. The predicted octanol–water partition coefficient (Wildman–Crippen LogP) is 3.87. The molecule has 0 unspecified atom stereocenters. The fraction of sp³-hybridized carbons (Fsp3) is 0.208. The standard InChI is InChI=1S/C24H24N2O3S/c27-24(21-9-5-2-6-10-21)26-15-13-20-11-12-23(17-22(20)18-26)25-30(28,29)16-14-19-7-3-1-4-8-19/h1-12,17,25H,13-16,18H2. The SMILES string of the molecule is O=C(c1ccccc1)N1CCc2ccc(NS(=O)(=O)CCc3ccccc3)cc2C1. The summed E-state index contributed by atoms with van der Waals surface area (Å²) in [6.07, 6.45) is 1.22. The van der Waals surface area contributed by atoms with E-state index in [0.29, 0.717) is 30.8 Å². The summed E-state index contributed by atoms with van der Waals surface area (Å²) in [5.41, 5.74) is 4.33.